The van der Waals surface area contributed by atoms with Crippen LogP contribution in [0.4, 0.5) is 4.79 Å². The van der Waals surface area contributed by atoms with E-state index in [2.05, 4.69) is 10.8 Å². The van der Waals surface area contributed by atoms with Crippen LogP contribution in [0.5, 0.6) is 5.75 Å². The van der Waals surface area contributed by atoms with Crippen LogP contribution in [0.25, 0.3) is 0 Å². The van der Waals surface area contributed by atoms with Gasteiger partial charge in [0.2, 0.25) is 0 Å². The highest BCUT2D eigenvalue weighted by molar-refractivity contribution is 6.30. The van der Waals surface area contributed by atoms with E-state index in [1.165, 1.54) is 0 Å². The number of carbonyl (C=O) groups excluding carboxylic acids is 2. The minimum Gasteiger partial charge on any atom is -0.481 e. The first-order chi connectivity index (χ1) is 11.6. The molecule has 140 valence electrons. The summed E-state index contributed by atoms with van der Waals surface area (Å²) in [5.41, 5.74) is 1.73. The lowest BCUT2D eigenvalue weighted by molar-refractivity contribution is -0.144. The molecule has 0 aliphatic carbocycles. The van der Waals surface area contributed by atoms with Crippen molar-refractivity contribution in [2.75, 3.05) is 6.54 Å². The molecular formula is C17H25ClN2O5. The zero-order valence-corrected chi connectivity index (χ0v) is 15.8. The summed E-state index contributed by atoms with van der Waals surface area (Å²) in [5, 5.41) is 3.14. The van der Waals surface area contributed by atoms with Crippen molar-refractivity contribution in [1.29, 1.82) is 0 Å². The quantitative estimate of drug-likeness (QED) is 0.718. The van der Waals surface area contributed by atoms with Crippen molar-refractivity contribution in [2.45, 2.75) is 52.4 Å². The Hall–Kier alpha value is -1.99. The van der Waals surface area contributed by atoms with Crippen molar-refractivity contribution in [2.24, 2.45) is 0 Å². The number of ether oxygens (including phenoxy) is 2. The van der Waals surface area contributed by atoms with Crippen LogP contribution in [-0.4, -0.2) is 36.4 Å². The predicted octanol–water partition coefficient (Wildman–Crippen LogP) is 3.07. The Bertz CT molecular complexity index is 571. The summed E-state index contributed by atoms with van der Waals surface area (Å²) in [4.78, 5) is 28.7. The molecule has 2 amide bonds. The van der Waals surface area contributed by atoms with Crippen molar-refractivity contribution >= 4 is 23.6 Å². The van der Waals surface area contributed by atoms with Crippen molar-refractivity contribution < 1.29 is 23.9 Å². The molecule has 0 spiro atoms. The van der Waals surface area contributed by atoms with Crippen molar-refractivity contribution in [3.05, 3.63) is 29.3 Å². The van der Waals surface area contributed by atoms with E-state index in [0.717, 1.165) is 0 Å². The van der Waals surface area contributed by atoms with E-state index in [4.69, 9.17) is 25.9 Å². The Morgan fingerprint density at radius 3 is 2.32 bits per heavy atom. The van der Waals surface area contributed by atoms with Crippen molar-refractivity contribution in [3.63, 3.8) is 0 Å². The Morgan fingerprint density at radius 1 is 1.16 bits per heavy atom. The van der Waals surface area contributed by atoms with Gasteiger partial charge in [0.15, 0.2) is 6.10 Å². The number of benzene rings is 1. The van der Waals surface area contributed by atoms with Crippen LogP contribution in [0.15, 0.2) is 24.3 Å². The molecule has 0 aliphatic rings. The van der Waals surface area contributed by atoms with Crippen LogP contribution in [0.2, 0.25) is 5.02 Å². The van der Waals surface area contributed by atoms with Crippen LogP contribution in [0.3, 0.4) is 0 Å². The second kappa shape index (κ2) is 9.48. The third kappa shape index (κ3) is 9.16. The van der Waals surface area contributed by atoms with Gasteiger partial charge in [0.05, 0.1) is 0 Å². The number of alkyl carbamates (subject to hydrolysis) is 1. The standard InChI is InChI=1S/C17H25ClN2O5/c1-11(10-19-16(22)24-17(3,4)5)25-20-15(21)12(2)23-14-8-6-13(18)7-9-14/h6-9,11-12H,10H2,1-5H3,(H,19,22)(H,20,21). The molecule has 0 saturated heterocycles. The van der Waals surface area contributed by atoms with Gasteiger partial charge in [-0.2, -0.15) is 0 Å². The van der Waals surface area contributed by atoms with E-state index in [1.54, 1.807) is 58.9 Å². The molecule has 1 aromatic rings. The van der Waals surface area contributed by atoms with Crippen LogP contribution in [-0.2, 0) is 14.4 Å². The van der Waals surface area contributed by atoms with Crippen LogP contribution < -0.4 is 15.5 Å². The first-order valence-electron chi connectivity index (χ1n) is 7.91. The van der Waals surface area contributed by atoms with E-state index in [-0.39, 0.29) is 6.54 Å². The fourth-order valence-corrected chi connectivity index (χ4v) is 1.72. The number of carbonyl (C=O) groups is 2. The molecule has 1 aromatic carbocycles. The predicted molar refractivity (Wildman–Crippen MR) is 94.5 cm³/mol. The summed E-state index contributed by atoms with van der Waals surface area (Å²) in [6.07, 6.45) is -1.75. The van der Waals surface area contributed by atoms with E-state index in [9.17, 15) is 9.59 Å². The molecule has 1 rings (SSSR count). The smallest absolute Gasteiger partial charge is 0.407 e. The summed E-state index contributed by atoms with van der Waals surface area (Å²) in [6, 6.07) is 6.67. The number of nitrogens with one attached hydrogen (secondary N) is 2. The van der Waals surface area contributed by atoms with Gasteiger partial charge in [0.1, 0.15) is 17.5 Å². The lowest BCUT2D eigenvalue weighted by Gasteiger charge is -2.21. The zero-order valence-electron chi connectivity index (χ0n) is 15.1. The average Bonchev–Trinajstić information content (AvgIpc) is 2.51. The molecule has 7 nitrogen and oxygen atoms in total. The maximum absolute atomic E-state index is 11.9. The van der Waals surface area contributed by atoms with Gasteiger partial charge in [-0.3, -0.25) is 9.63 Å². The Labute approximate surface area is 152 Å². The molecule has 0 aromatic heterocycles. The molecule has 0 aliphatic heterocycles. The molecule has 2 atom stereocenters. The lowest BCUT2D eigenvalue weighted by Crippen LogP contribution is -2.42. The second-order valence-corrected chi connectivity index (χ2v) is 6.93. The number of hydrogen-bond donors (Lipinski definition) is 2. The van der Waals surface area contributed by atoms with Gasteiger partial charge in [-0.25, -0.2) is 10.3 Å². The second-order valence-electron chi connectivity index (χ2n) is 6.49. The number of hydrogen-bond acceptors (Lipinski definition) is 5. The first-order valence-corrected chi connectivity index (χ1v) is 8.29. The maximum atomic E-state index is 11.9. The third-order valence-electron chi connectivity index (χ3n) is 2.79. The fraction of sp³-hybridized carbons (Fsp3) is 0.529. The van der Waals surface area contributed by atoms with Crippen LogP contribution >= 0.6 is 11.6 Å². The van der Waals surface area contributed by atoms with Crippen LogP contribution in [0.1, 0.15) is 34.6 Å². The van der Waals surface area contributed by atoms with E-state index in [0.29, 0.717) is 10.8 Å². The molecule has 2 unspecified atom stereocenters. The highest BCUT2D eigenvalue weighted by atomic mass is 35.5. The molecule has 8 heteroatoms. The summed E-state index contributed by atoms with van der Waals surface area (Å²) in [5.74, 6) is 0.0748. The van der Waals surface area contributed by atoms with Gasteiger partial charge in [0, 0.05) is 11.6 Å². The molecule has 0 saturated carbocycles. The van der Waals surface area contributed by atoms with Crippen molar-refractivity contribution in [1.82, 2.24) is 10.8 Å². The van der Waals surface area contributed by atoms with Gasteiger partial charge in [-0.15, -0.1) is 0 Å². The molecule has 0 bridgehead atoms. The largest absolute Gasteiger partial charge is 0.481 e. The maximum Gasteiger partial charge on any atom is 0.407 e. The SMILES string of the molecule is CC(CNC(=O)OC(C)(C)C)ONC(=O)C(C)Oc1ccc(Cl)cc1. The van der Waals surface area contributed by atoms with Crippen molar-refractivity contribution in [3.8, 4) is 5.75 Å². The summed E-state index contributed by atoms with van der Waals surface area (Å²) < 4.78 is 10.6. The number of amides is 2. The summed E-state index contributed by atoms with van der Waals surface area (Å²) >= 11 is 5.79. The molecule has 0 heterocycles. The highest BCUT2D eigenvalue weighted by Crippen LogP contribution is 2.16. The number of rotatable bonds is 7. The molecule has 25 heavy (non-hydrogen) atoms. The first kappa shape index (κ1) is 21.1. The van der Waals surface area contributed by atoms with Gasteiger partial charge in [-0.1, -0.05) is 11.6 Å². The summed E-state index contributed by atoms with van der Waals surface area (Å²) in [6.45, 7) is 8.79. The van der Waals surface area contributed by atoms with Gasteiger partial charge in [-0.05, 0) is 58.9 Å². The normalized spacial score (nSPS) is 13.5. The average molecular weight is 373 g/mol. The van der Waals surface area contributed by atoms with E-state index < -0.39 is 29.8 Å². The van der Waals surface area contributed by atoms with Gasteiger partial charge < -0.3 is 14.8 Å². The van der Waals surface area contributed by atoms with E-state index in [1.807, 2.05) is 0 Å². The Balaban J connectivity index is 2.30. The minimum absolute atomic E-state index is 0.182. The highest BCUT2D eigenvalue weighted by Gasteiger charge is 2.18. The molecular weight excluding hydrogens is 348 g/mol. The summed E-state index contributed by atoms with van der Waals surface area (Å²) in [7, 11) is 0. The topological polar surface area (TPSA) is 85.9 Å². The zero-order chi connectivity index (χ0) is 19.0. The van der Waals surface area contributed by atoms with Gasteiger partial charge >= 0.3 is 6.09 Å². The van der Waals surface area contributed by atoms with E-state index >= 15 is 0 Å². The molecule has 2 N–H and O–H groups in total. The Morgan fingerprint density at radius 2 is 1.76 bits per heavy atom. The van der Waals surface area contributed by atoms with Crippen LogP contribution in [0, 0.1) is 0 Å². The number of halogens is 1. The third-order valence-corrected chi connectivity index (χ3v) is 3.04. The number of hydroxylamine groups is 1. The minimum atomic E-state index is -0.757. The molecule has 0 radical (unpaired) electrons. The molecule has 0 fully saturated rings. The Kier molecular flexibility index (Phi) is 7.99. The van der Waals surface area contributed by atoms with Gasteiger partial charge in [0.25, 0.3) is 5.91 Å². The fourth-order valence-electron chi connectivity index (χ4n) is 1.60. The monoisotopic (exact) mass is 372 g/mol. The lowest BCUT2D eigenvalue weighted by atomic mass is 10.2.